The average Bonchev–Trinajstić information content (AvgIpc) is 3.11. The van der Waals surface area contributed by atoms with Crippen LogP contribution < -0.4 is 4.90 Å². The van der Waals surface area contributed by atoms with Gasteiger partial charge < -0.3 is 4.90 Å². The Labute approximate surface area is 113 Å². The van der Waals surface area contributed by atoms with E-state index in [1.807, 2.05) is 6.07 Å². The lowest BCUT2D eigenvalue weighted by Crippen LogP contribution is -2.31. The van der Waals surface area contributed by atoms with Crippen molar-refractivity contribution in [3.8, 4) is 11.4 Å². The molecular formula is C16H17N3. The lowest BCUT2D eigenvalue weighted by molar-refractivity contribution is 0.553. The highest BCUT2D eigenvalue weighted by molar-refractivity contribution is 5.61. The Morgan fingerprint density at radius 3 is 2.42 bits per heavy atom. The maximum atomic E-state index is 4.29. The van der Waals surface area contributed by atoms with Gasteiger partial charge in [0.1, 0.15) is 0 Å². The number of nitrogens with zero attached hydrogens (tertiary/aromatic N) is 3. The topological polar surface area (TPSA) is 29.0 Å². The number of fused-ring (bicyclic) bond motifs is 2. The Hall–Kier alpha value is -1.90. The SMILES string of the molecule is c1cnc(-c2ccc(N3C[C@H]4CC[C@@H]3C4)cc2)nc1. The van der Waals surface area contributed by atoms with E-state index in [1.165, 1.54) is 31.5 Å². The third kappa shape index (κ3) is 1.89. The number of hydrogen-bond acceptors (Lipinski definition) is 3. The van der Waals surface area contributed by atoms with Crippen LogP contribution in [-0.4, -0.2) is 22.6 Å². The zero-order valence-electron chi connectivity index (χ0n) is 10.9. The van der Waals surface area contributed by atoms with Gasteiger partial charge in [-0.3, -0.25) is 0 Å². The normalized spacial score (nSPS) is 24.9. The zero-order valence-corrected chi connectivity index (χ0v) is 10.9. The molecule has 0 spiro atoms. The minimum atomic E-state index is 0.781. The second-order valence-electron chi connectivity index (χ2n) is 5.60. The molecule has 1 saturated heterocycles. The lowest BCUT2D eigenvalue weighted by atomic mass is 10.1. The molecule has 3 heteroatoms. The maximum absolute atomic E-state index is 4.29. The van der Waals surface area contributed by atoms with Crippen LogP contribution in [-0.2, 0) is 0 Å². The van der Waals surface area contributed by atoms with Gasteiger partial charge in [0.25, 0.3) is 0 Å². The van der Waals surface area contributed by atoms with Crippen LogP contribution >= 0.6 is 0 Å². The highest BCUT2D eigenvalue weighted by atomic mass is 15.2. The molecule has 2 bridgehead atoms. The quantitative estimate of drug-likeness (QED) is 0.821. The standard InChI is InChI=1S/C16H17N3/c1-8-17-16(18-9-1)13-3-6-14(7-4-13)19-11-12-2-5-15(19)10-12/h1,3-4,6-9,12,15H,2,5,10-11H2/t12-,15+/m0/s1. The second-order valence-corrected chi connectivity index (χ2v) is 5.60. The van der Waals surface area contributed by atoms with Crippen LogP contribution in [0.25, 0.3) is 11.4 Å². The van der Waals surface area contributed by atoms with Crippen molar-refractivity contribution < 1.29 is 0 Å². The summed E-state index contributed by atoms with van der Waals surface area (Å²) in [5, 5.41) is 0. The number of benzene rings is 1. The van der Waals surface area contributed by atoms with E-state index >= 15 is 0 Å². The first-order valence-electron chi connectivity index (χ1n) is 7.04. The third-order valence-electron chi connectivity index (χ3n) is 4.43. The Morgan fingerprint density at radius 2 is 1.79 bits per heavy atom. The van der Waals surface area contributed by atoms with Gasteiger partial charge in [-0.2, -0.15) is 0 Å². The van der Waals surface area contributed by atoms with Crippen LogP contribution in [0, 0.1) is 5.92 Å². The summed E-state index contributed by atoms with van der Waals surface area (Å²) in [4.78, 5) is 11.2. The van der Waals surface area contributed by atoms with Gasteiger partial charge in [0, 0.05) is 36.2 Å². The molecule has 0 radical (unpaired) electrons. The molecule has 1 aromatic heterocycles. The van der Waals surface area contributed by atoms with Crippen LogP contribution in [0.15, 0.2) is 42.7 Å². The summed E-state index contributed by atoms with van der Waals surface area (Å²) in [6, 6.07) is 11.3. The summed E-state index contributed by atoms with van der Waals surface area (Å²) in [5.74, 6) is 1.74. The third-order valence-corrected chi connectivity index (χ3v) is 4.43. The van der Waals surface area contributed by atoms with E-state index in [0.717, 1.165) is 23.3 Å². The van der Waals surface area contributed by atoms with E-state index in [0.29, 0.717) is 0 Å². The molecular weight excluding hydrogens is 234 g/mol. The fourth-order valence-corrected chi connectivity index (χ4v) is 3.49. The summed E-state index contributed by atoms with van der Waals surface area (Å²) < 4.78 is 0. The molecule has 2 fully saturated rings. The van der Waals surface area contributed by atoms with Gasteiger partial charge in [-0.15, -0.1) is 0 Å². The molecule has 96 valence electrons. The van der Waals surface area contributed by atoms with Crippen molar-refractivity contribution in [2.75, 3.05) is 11.4 Å². The van der Waals surface area contributed by atoms with Crippen LogP contribution in [0.3, 0.4) is 0 Å². The summed E-state index contributed by atoms with van der Waals surface area (Å²) in [6.45, 7) is 1.24. The Morgan fingerprint density at radius 1 is 1.00 bits per heavy atom. The molecule has 3 nitrogen and oxygen atoms in total. The lowest BCUT2D eigenvalue weighted by Gasteiger charge is -2.29. The minimum absolute atomic E-state index is 0.781. The molecule has 1 aliphatic carbocycles. The van der Waals surface area contributed by atoms with Gasteiger partial charge in [-0.25, -0.2) is 9.97 Å². The molecule has 0 amide bonds. The smallest absolute Gasteiger partial charge is 0.159 e. The predicted octanol–water partition coefficient (Wildman–Crippen LogP) is 3.13. The summed E-state index contributed by atoms with van der Waals surface area (Å²) in [6.07, 6.45) is 7.76. The van der Waals surface area contributed by atoms with Gasteiger partial charge in [-0.1, -0.05) is 0 Å². The van der Waals surface area contributed by atoms with E-state index in [1.54, 1.807) is 12.4 Å². The van der Waals surface area contributed by atoms with Crippen LogP contribution in [0.5, 0.6) is 0 Å². The van der Waals surface area contributed by atoms with Crippen molar-refractivity contribution >= 4 is 5.69 Å². The van der Waals surface area contributed by atoms with Crippen molar-refractivity contribution in [1.29, 1.82) is 0 Å². The van der Waals surface area contributed by atoms with E-state index in [9.17, 15) is 0 Å². The van der Waals surface area contributed by atoms with Gasteiger partial charge in [-0.05, 0) is 55.5 Å². The Kier molecular flexibility index (Phi) is 2.50. The van der Waals surface area contributed by atoms with Crippen LogP contribution in [0.4, 0.5) is 5.69 Å². The van der Waals surface area contributed by atoms with E-state index in [-0.39, 0.29) is 0 Å². The molecule has 19 heavy (non-hydrogen) atoms. The van der Waals surface area contributed by atoms with Crippen LogP contribution in [0.2, 0.25) is 0 Å². The van der Waals surface area contributed by atoms with Crippen molar-refractivity contribution in [3.63, 3.8) is 0 Å². The first-order chi connectivity index (χ1) is 9.40. The number of anilines is 1. The minimum Gasteiger partial charge on any atom is -0.368 e. The summed E-state index contributed by atoms with van der Waals surface area (Å²) >= 11 is 0. The number of aromatic nitrogens is 2. The highest BCUT2D eigenvalue weighted by Gasteiger charge is 2.37. The number of rotatable bonds is 2. The van der Waals surface area contributed by atoms with Gasteiger partial charge in [0.2, 0.25) is 0 Å². The molecule has 1 saturated carbocycles. The Balaban J connectivity index is 1.60. The van der Waals surface area contributed by atoms with Gasteiger partial charge in [0.15, 0.2) is 5.82 Å². The van der Waals surface area contributed by atoms with Crippen molar-refractivity contribution in [2.45, 2.75) is 25.3 Å². The monoisotopic (exact) mass is 251 g/mol. The fraction of sp³-hybridized carbons (Fsp3) is 0.375. The maximum Gasteiger partial charge on any atom is 0.159 e. The molecule has 0 unspecified atom stereocenters. The first kappa shape index (κ1) is 11.0. The molecule has 2 atom stereocenters. The van der Waals surface area contributed by atoms with E-state index < -0.39 is 0 Å². The highest BCUT2D eigenvalue weighted by Crippen LogP contribution is 2.40. The number of hydrogen-bond donors (Lipinski definition) is 0. The van der Waals surface area contributed by atoms with Crippen LogP contribution in [0.1, 0.15) is 19.3 Å². The predicted molar refractivity (Wildman–Crippen MR) is 75.9 cm³/mol. The summed E-state index contributed by atoms with van der Waals surface area (Å²) in [5.41, 5.74) is 2.44. The number of piperidine rings is 1. The van der Waals surface area contributed by atoms with Crippen molar-refractivity contribution in [3.05, 3.63) is 42.7 Å². The van der Waals surface area contributed by atoms with E-state index in [4.69, 9.17) is 0 Å². The van der Waals surface area contributed by atoms with E-state index in [2.05, 4.69) is 39.1 Å². The van der Waals surface area contributed by atoms with Crippen molar-refractivity contribution in [2.24, 2.45) is 5.92 Å². The molecule has 1 aromatic carbocycles. The molecule has 4 rings (SSSR count). The molecule has 2 heterocycles. The Bertz CT molecular complexity index is 564. The zero-order chi connectivity index (χ0) is 12.7. The molecule has 2 aliphatic rings. The molecule has 0 N–H and O–H groups in total. The average molecular weight is 251 g/mol. The van der Waals surface area contributed by atoms with Gasteiger partial charge >= 0.3 is 0 Å². The largest absolute Gasteiger partial charge is 0.368 e. The van der Waals surface area contributed by atoms with Crippen molar-refractivity contribution in [1.82, 2.24) is 9.97 Å². The van der Waals surface area contributed by atoms with Gasteiger partial charge in [0.05, 0.1) is 0 Å². The molecule has 2 aromatic rings. The first-order valence-corrected chi connectivity index (χ1v) is 7.04. The second kappa shape index (κ2) is 4.34. The fourth-order valence-electron chi connectivity index (χ4n) is 3.49. The molecule has 1 aliphatic heterocycles. The summed E-state index contributed by atoms with van der Waals surface area (Å²) in [7, 11) is 0.